The second-order valence-electron chi connectivity index (χ2n) is 5.20. The van der Waals surface area contributed by atoms with Crippen LogP contribution in [0.3, 0.4) is 0 Å². The third kappa shape index (κ3) is 1.91. The Bertz CT molecular complexity index is 487. The lowest BCUT2D eigenvalue weighted by atomic mass is 9.88. The van der Waals surface area contributed by atoms with Crippen LogP contribution in [0.15, 0.2) is 18.2 Å². The molecule has 2 aliphatic heterocycles. The number of nitrogens with two attached hydrogens (primary N) is 1. The van der Waals surface area contributed by atoms with E-state index in [4.69, 9.17) is 10.5 Å². The minimum atomic E-state index is -0.0106. The highest BCUT2D eigenvalue weighted by Crippen LogP contribution is 2.34. The summed E-state index contributed by atoms with van der Waals surface area (Å²) >= 11 is 0. The zero-order valence-corrected chi connectivity index (χ0v) is 10.5. The number of fused-ring (bicyclic) bond motifs is 1. The Kier molecular flexibility index (Phi) is 2.84. The SMILES string of the molecule is CC1OCCC1C(N)c1ccc2c(c1)CC(=O)N2. The van der Waals surface area contributed by atoms with Crippen LogP contribution in [-0.4, -0.2) is 18.6 Å². The Labute approximate surface area is 107 Å². The van der Waals surface area contributed by atoms with E-state index in [1.807, 2.05) is 12.1 Å². The van der Waals surface area contributed by atoms with Crippen molar-refractivity contribution in [3.8, 4) is 0 Å². The third-order valence-corrected chi connectivity index (χ3v) is 4.04. The van der Waals surface area contributed by atoms with Crippen LogP contribution in [0.25, 0.3) is 0 Å². The molecule has 0 spiro atoms. The van der Waals surface area contributed by atoms with Gasteiger partial charge < -0.3 is 15.8 Å². The van der Waals surface area contributed by atoms with Gasteiger partial charge in [-0.25, -0.2) is 0 Å². The Morgan fingerprint density at radius 1 is 1.50 bits per heavy atom. The molecule has 3 atom stereocenters. The molecule has 0 radical (unpaired) electrons. The van der Waals surface area contributed by atoms with Crippen molar-refractivity contribution < 1.29 is 9.53 Å². The summed E-state index contributed by atoms with van der Waals surface area (Å²) in [5, 5.41) is 2.84. The molecule has 0 aromatic heterocycles. The fourth-order valence-corrected chi connectivity index (χ4v) is 2.92. The molecular formula is C14H18N2O2. The molecule has 0 saturated carbocycles. The molecule has 3 N–H and O–H groups in total. The summed E-state index contributed by atoms with van der Waals surface area (Å²) in [6.45, 7) is 2.88. The van der Waals surface area contributed by atoms with Gasteiger partial charge in [-0.3, -0.25) is 4.79 Å². The van der Waals surface area contributed by atoms with Crippen LogP contribution in [0.2, 0.25) is 0 Å². The Balaban J connectivity index is 1.85. The van der Waals surface area contributed by atoms with E-state index in [-0.39, 0.29) is 18.1 Å². The molecule has 1 saturated heterocycles. The fraction of sp³-hybridized carbons (Fsp3) is 0.500. The lowest BCUT2D eigenvalue weighted by Gasteiger charge is -2.22. The summed E-state index contributed by atoms with van der Waals surface area (Å²) in [6, 6.07) is 6.02. The molecule has 18 heavy (non-hydrogen) atoms. The zero-order chi connectivity index (χ0) is 12.7. The first-order valence-corrected chi connectivity index (χ1v) is 6.45. The van der Waals surface area contributed by atoms with Crippen LogP contribution in [0, 0.1) is 5.92 Å². The standard InChI is InChI=1S/C14H18N2O2/c1-8-11(4-5-18-8)14(15)9-2-3-12-10(6-9)7-13(17)16-12/h2-3,6,8,11,14H,4-5,7,15H2,1H3,(H,16,17). The van der Waals surface area contributed by atoms with Gasteiger partial charge >= 0.3 is 0 Å². The van der Waals surface area contributed by atoms with Crippen LogP contribution in [-0.2, 0) is 16.0 Å². The first kappa shape index (κ1) is 11.7. The fourth-order valence-electron chi connectivity index (χ4n) is 2.92. The highest BCUT2D eigenvalue weighted by atomic mass is 16.5. The van der Waals surface area contributed by atoms with Crippen molar-refractivity contribution in [3.05, 3.63) is 29.3 Å². The summed E-state index contributed by atoms with van der Waals surface area (Å²) in [5.74, 6) is 0.432. The molecule has 1 aromatic rings. The zero-order valence-electron chi connectivity index (χ0n) is 10.5. The number of nitrogens with one attached hydrogen (secondary N) is 1. The Morgan fingerprint density at radius 2 is 2.33 bits per heavy atom. The lowest BCUT2D eigenvalue weighted by Crippen LogP contribution is -2.26. The van der Waals surface area contributed by atoms with Crippen molar-refractivity contribution in [1.29, 1.82) is 0 Å². The number of hydrogen-bond donors (Lipinski definition) is 2. The molecule has 4 heteroatoms. The minimum absolute atomic E-state index is 0.0106. The van der Waals surface area contributed by atoms with Crippen molar-refractivity contribution in [2.24, 2.45) is 11.7 Å². The van der Waals surface area contributed by atoms with E-state index in [1.54, 1.807) is 0 Å². The number of anilines is 1. The molecule has 1 amide bonds. The number of hydrogen-bond acceptors (Lipinski definition) is 3. The monoisotopic (exact) mass is 246 g/mol. The molecule has 3 rings (SSSR count). The second-order valence-corrected chi connectivity index (χ2v) is 5.20. The number of benzene rings is 1. The van der Waals surface area contributed by atoms with Crippen LogP contribution < -0.4 is 11.1 Å². The van der Waals surface area contributed by atoms with Crippen LogP contribution in [0.4, 0.5) is 5.69 Å². The summed E-state index contributed by atoms with van der Waals surface area (Å²) < 4.78 is 5.57. The highest BCUT2D eigenvalue weighted by Gasteiger charge is 2.31. The average Bonchev–Trinajstić information content (AvgIpc) is 2.91. The predicted octanol–water partition coefficient (Wildman–Crippen LogP) is 1.61. The Hall–Kier alpha value is -1.39. The summed E-state index contributed by atoms with van der Waals surface area (Å²) in [5.41, 5.74) is 9.42. The number of ether oxygens (including phenoxy) is 1. The largest absolute Gasteiger partial charge is 0.378 e. The number of carbonyl (C=O) groups excluding carboxylic acids is 1. The molecule has 2 heterocycles. The molecule has 2 aliphatic rings. The van der Waals surface area contributed by atoms with Crippen molar-refractivity contribution in [2.75, 3.05) is 11.9 Å². The van der Waals surface area contributed by atoms with E-state index >= 15 is 0 Å². The topological polar surface area (TPSA) is 64.3 Å². The third-order valence-electron chi connectivity index (χ3n) is 4.04. The first-order valence-electron chi connectivity index (χ1n) is 6.45. The molecule has 3 unspecified atom stereocenters. The normalized spacial score (nSPS) is 28.0. The molecule has 1 aromatic carbocycles. The second kappa shape index (κ2) is 4.37. The lowest BCUT2D eigenvalue weighted by molar-refractivity contribution is -0.115. The van der Waals surface area contributed by atoms with Gasteiger partial charge in [0.05, 0.1) is 12.5 Å². The molecule has 96 valence electrons. The van der Waals surface area contributed by atoms with Gasteiger partial charge in [-0.2, -0.15) is 0 Å². The maximum Gasteiger partial charge on any atom is 0.228 e. The van der Waals surface area contributed by atoms with Gasteiger partial charge in [0.15, 0.2) is 0 Å². The summed E-state index contributed by atoms with van der Waals surface area (Å²) in [6.07, 6.45) is 1.69. The molecular weight excluding hydrogens is 228 g/mol. The van der Waals surface area contributed by atoms with E-state index in [9.17, 15) is 4.79 Å². The maximum atomic E-state index is 11.3. The van der Waals surface area contributed by atoms with Gasteiger partial charge in [0.25, 0.3) is 0 Å². The van der Waals surface area contributed by atoms with Gasteiger partial charge in [-0.1, -0.05) is 12.1 Å². The molecule has 4 nitrogen and oxygen atoms in total. The molecule has 0 bridgehead atoms. The molecule has 0 aliphatic carbocycles. The van der Waals surface area contributed by atoms with Gasteiger partial charge in [0.2, 0.25) is 5.91 Å². The van der Waals surface area contributed by atoms with Gasteiger partial charge in [0.1, 0.15) is 0 Å². The average molecular weight is 246 g/mol. The smallest absolute Gasteiger partial charge is 0.228 e. The van der Waals surface area contributed by atoms with E-state index in [0.717, 1.165) is 29.8 Å². The number of amides is 1. The maximum absolute atomic E-state index is 11.3. The van der Waals surface area contributed by atoms with Crippen LogP contribution in [0.1, 0.15) is 30.5 Å². The van der Waals surface area contributed by atoms with Gasteiger partial charge in [-0.15, -0.1) is 0 Å². The number of carbonyl (C=O) groups is 1. The number of rotatable bonds is 2. The quantitative estimate of drug-likeness (QED) is 0.833. The van der Waals surface area contributed by atoms with Crippen LogP contribution >= 0.6 is 0 Å². The van der Waals surface area contributed by atoms with Crippen molar-refractivity contribution in [3.63, 3.8) is 0 Å². The summed E-state index contributed by atoms with van der Waals surface area (Å²) in [4.78, 5) is 11.3. The Morgan fingerprint density at radius 3 is 3.06 bits per heavy atom. The van der Waals surface area contributed by atoms with Crippen molar-refractivity contribution in [1.82, 2.24) is 0 Å². The van der Waals surface area contributed by atoms with E-state index in [0.29, 0.717) is 12.3 Å². The van der Waals surface area contributed by atoms with Crippen molar-refractivity contribution >= 4 is 11.6 Å². The van der Waals surface area contributed by atoms with Crippen molar-refractivity contribution in [2.45, 2.75) is 31.9 Å². The van der Waals surface area contributed by atoms with E-state index in [1.165, 1.54) is 0 Å². The first-order chi connectivity index (χ1) is 8.65. The van der Waals surface area contributed by atoms with E-state index < -0.39 is 0 Å². The highest BCUT2D eigenvalue weighted by molar-refractivity contribution is 5.99. The summed E-state index contributed by atoms with van der Waals surface area (Å²) in [7, 11) is 0. The predicted molar refractivity (Wildman–Crippen MR) is 69.2 cm³/mol. The van der Waals surface area contributed by atoms with Gasteiger partial charge in [-0.05, 0) is 30.5 Å². The van der Waals surface area contributed by atoms with Gasteiger partial charge in [0, 0.05) is 24.3 Å². The van der Waals surface area contributed by atoms with E-state index in [2.05, 4.69) is 18.3 Å². The minimum Gasteiger partial charge on any atom is -0.378 e. The van der Waals surface area contributed by atoms with Crippen LogP contribution in [0.5, 0.6) is 0 Å². The molecule has 1 fully saturated rings.